The zero-order valence-electron chi connectivity index (χ0n) is 9.30. The summed E-state index contributed by atoms with van der Waals surface area (Å²) in [4.78, 5) is 11.3. The number of rotatable bonds is 5. The van der Waals surface area contributed by atoms with E-state index in [4.69, 9.17) is 0 Å². The average molecular weight is 240 g/mol. The molecule has 17 heavy (non-hydrogen) atoms. The van der Waals surface area contributed by atoms with E-state index >= 15 is 0 Å². The molecule has 0 spiro atoms. The van der Waals surface area contributed by atoms with Crippen LogP contribution in [0.25, 0.3) is 0 Å². The fourth-order valence-corrected chi connectivity index (χ4v) is 1.54. The molecule has 0 heterocycles. The predicted molar refractivity (Wildman–Crippen MR) is 59.2 cm³/mol. The van der Waals surface area contributed by atoms with E-state index in [2.05, 4.69) is 10.6 Å². The molecule has 1 aromatic rings. The Labute approximate surface area is 98.2 Å². The van der Waals surface area contributed by atoms with Gasteiger partial charge in [0.1, 0.15) is 11.6 Å². The van der Waals surface area contributed by atoms with Gasteiger partial charge in [-0.2, -0.15) is 0 Å². The lowest BCUT2D eigenvalue weighted by Gasteiger charge is -2.06. The molecule has 1 aliphatic rings. The van der Waals surface area contributed by atoms with Gasteiger partial charge in [0.25, 0.3) is 0 Å². The van der Waals surface area contributed by atoms with Crippen LogP contribution in [0.5, 0.6) is 0 Å². The van der Waals surface area contributed by atoms with Crippen LogP contribution in [0.3, 0.4) is 0 Å². The molecule has 0 aromatic heterocycles. The van der Waals surface area contributed by atoms with Crippen LogP contribution in [0, 0.1) is 11.6 Å². The molecule has 0 atom stereocenters. The Morgan fingerprint density at radius 3 is 2.47 bits per heavy atom. The molecule has 0 saturated heterocycles. The van der Waals surface area contributed by atoms with E-state index in [9.17, 15) is 13.6 Å². The van der Waals surface area contributed by atoms with Gasteiger partial charge in [0, 0.05) is 18.7 Å². The van der Waals surface area contributed by atoms with Crippen molar-refractivity contribution in [1.82, 2.24) is 10.6 Å². The van der Waals surface area contributed by atoms with E-state index in [1.54, 1.807) is 0 Å². The Hall–Kier alpha value is -1.49. The van der Waals surface area contributed by atoms with E-state index in [0.717, 1.165) is 18.9 Å². The maximum absolute atomic E-state index is 12.8. The molecular formula is C12H14F2N2O. The van der Waals surface area contributed by atoms with Crippen LogP contribution in [0.15, 0.2) is 18.2 Å². The minimum Gasteiger partial charge on any atom is -0.352 e. The Bertz CT molecular complexity index is 399. The Morgan fingerprint density at radius 2 is 1.88 bits per heavy atom. The number of hydrogen-bond donors (Lipinski definition) is 2. The smallest absolute Gasteiger partial charge is 0.234 e. The molecule has 0 aliphatic heterocycles. The third kappa shape index (κ3) is 4.11. The zero-order valence-corrected chi connectivity index (χ0v) is 9.30. The van der Waals surface area contributed by atoms with Gasteiger partial charge in [-0.05, 0) is 30.5 Å². The monoisotopic (exact) mass is 240 g/mol. The highest BCUT2D eigenvalue weighted by molar-refractivity contribution is 5.78. The van der Waals surface area contributed by atoms with Crippen LogP contribution in [0.4, 0.5) is 8.78 Å². The molecule has 1 aliphatic carbocycles. The van der Waals surface area contributed by atoms with Crippen molar-refractivity contribution in [2.75, 3.05) is 6.54 Å². The summed E-state index contributed by atoms with van der Waals surface area (Å²) in [5, 5.41) is 5.66. The highest BCUT2D eigenvalue weighted by Gasteiger charge is 2.22. The first-order valence-electron chi connectivity index (χ1n) is 5.58. The average Bonchev–Trinajstić information content (AvgIpc) is 3.00. The van der Waals surface area contributed by atoms with Gasteiger partial charge in [-0.15, -0.1) is 0 Å². The number of hydrogen-bond acceptors (Lipinski definition) is 2. The molecule has 2 rings (SSSR count). The highest BCUT2D eigenvalue weighted by Crippen LogP contribution is 2.18. The van der Waals surface area contributed by atoms with E-state index in [1.807, 2.05) is 0 Å². The summed E-state index contributed by atoms with van der Waals surface area (Å²) in [6, 6.07) is 3.64. The fraction of sp³-hybridized carbons (Fsp3) is 0.417. The molecule has 5 heteroatoms. The van der Waals surface area contributed by atoms with E-state index in [-0.39, 0.29) is 19.0 Å². The van der Waals surface area contributed by atoms with Crippen LogP contribution in [-0.2, 0) is 11.3 Å². The lowest BCUT2D eigenvalue weighted by Crippen LogP contribution is -2.34. The molecule has 1 fully saturated rings. The summed E-state index contributed by atoms with van der Waals surface area (Å²) in [6.45, 7) is 0.432. The van der Waals surface area contributed by atoms with Crippen LogP contribution >= 0.6 is 0 Å². The van der Waals surface area contributed by atoms with Gasteiger partial charge >= 0.3 is 0 Å². The van der Waals surface area contributed by atoms with Crippen LogP contribution in [0.1, 0.15) is 18.4 Å². The van der Waals surface area contributed by atoms with Gasteiger partial charge in [0.05, 0.1) is 6.54 Å². The van der Waals surface area contributed by atoms with Crippen molar-refractivity contribution in [3.05, 3.63) is 35.4 Å². The number of nitrogens with one attached hydrogen (secondary N) is 2. The summed E-state index contributed by atoms with van der Waals surface area (Å²) in [6.07, 6.45) is 2.09. The first-order chi connectivity index (χ1) is 8.13. The summed E-state index contributed by atoms with van der Waals surface area (Å²) < 4.78 is 25.7. The maximum atomic E-state index is 12.8. The third-order valence-corrected chi connectivity index (χ3v) is 2.48. The highest BCUT2D eigenvalue weighted by atomic mass is 19.1. The number of carbonyl (C=O) groups excluding carboxylic acids is 1. The molecule has 1 amide bonds. The molecule has 92 valence electrons. The number of halogens is 2. The molecule has 2 N–H and O–H groups in total. The Morgan fingerprint density at radius 1 is 1.24 bits per heavy atom. The van der Waals surface area contributed by atoms with Gasteiger partial charge in [0.2, 0.25) is 5.91 Å². The van der Waals surface area contributed by atoms with E-state index in [1.165, 1.54) is 12.1 Å². The van der Waals surface area contributed by atoms with Crippen molar-refractivity contribution in [1.29, 1.82) is 0 Å². The number of carbonyl (C=O) groups is 1. The molecular weight excluding hydrogens is 226 g/mol. The third-order valence-electron chi connectivity index (χ3n) is 2.48. The van der Waals surface area contributed by atoms with Gasteiger partial charge in [-0.1, -0.05) is 0 Å². The molecule has 1 aromatic carbocycles. The molecule has 0 bridgehead atoms. The van der Waals surface area contributed by atoms with Crippen molar-refractivity contribution in [3.8, 4) is 0 Å². The molecule has 1 saturated carbocycles. The summed E-state index contributed by atoms with van der Waals surface area (Å²) in [7, 11) is 0. The van der Waals surface area contributed by atoms with Crippen molar-refractivity contribution in [3.63, 3.8) is 0 Å². The van der Waals surface area contributed by atoms with Crippen LogP contribution in [0.2, 0.25) is 0 Å². The quantitative estimate of drug-likeness (QED) is 0.815. The van der Waals surface area contributed by atoms with Gasteiger partial charge in [-0.3, -0.25) is 4.79 Å². The lowest BCUT2D eigenvalue weighted by atomic mass is 10.2. The second-order valence-corrected chi connectivity index (χ2v) is 4.22. The normalized spacial score (nSPS) is 14.7. The van der Waals surface area contributed by atoms with Crippen LogP contribution in [-0.4, -0.2) is 18.5 Å². The van der Waals surface area contributed by atoms with Crippen molar-refractivity contribution in [2.24, 2.45) is 0 Å². The molecule has 0 radical (unpaired) electrons. The second-order valence-electron chi connectivity index (χ2n) is 4.22. The molecule has 3 nitrogen and oxygen atoms in total. The van der Waals surface area contributed by atoms with Crippen molar-refractivity contribution < 1.29 is 13.6 Å². The topological polar surface area (TPSA) is 41.1 Å². The summed E-state index contributed by atoms with van der Waals surface area (Å²) >= 11 is 0. The number of amides is 1. The lowest BCUT2D eigenvalue weighted by molar-refractivity contribution is -0.120. The largest absolute Gasteiger partial charge is 0.352 e. The Balaban J connectivity index is 1.74. The first-order valence-corrected chi connectivity index (χ1v) is 5.58. The Kier molecular flexibility index (Phi) is 3.68. The number of benzene rings is 1. The predicted octanol–water partition coefficient (Wildman–Crippen LogP) is 1.33. The van der Waals surface area contributed by atoms with Crippen molar-refractivity contribution >= 4 is 5.91 Å². The standard InChI is InChI=1S/C12H14F2N2O/c13-9-3-8(4-10(14)5-9)6-15-7-12(17)16-11-1-2-11/h3-5,11,15H,1-2,6-7H2,(H,16,17). The minimum atomic E-state index is -0.607. The van der Waals surface area contributed by atoms with Gasteiger partial charge < -0.3 is 10.6 Å². The minimum absolute atomic E-state index is 0.0793. The van der Waals surface area contributed by atoms with E-state index in [0.29, 0.717) is 11.6 Å². The zero-order chi connectivity index (χ0) is 12.3. The summed E-state index contributed by atoms with van der Waals surface area (Å²) in [5.74, 6) is -1.29. The second kappa shape index (κ2) is 5.23. The van der Waals surface area contributed by atoms with E-state index < -0.39 is 11.6 Å². The maximum Gasteiger partial charge on any atom is 0.234 e. The SMILES string of the molecule is O=C(CNCc1cc(F)cc(F)c1)NC1CC1. The van der Waals surface area contributed by atoms with Gasteiger partial charge in [-0.25, -0.2) is 8.78 Å². The van der Waals surface area contributed by atoms with Gasteiger partial charge in [0.15, 0.2) is 0 Å². The first kappa shape index (κ1) is 12.0. The summed E-state index contributed by atoms with van der Waals surface area (Å²) in [5.41, 5.74) is 0.488. The van der Waals surface area contributed by atoms with Crippen LogP contribution < -0.4 is 10.6 Å². The fourth-order valence-electron chi connectivity index (χ4n) is 1.54. The van der Waals surface area contributed by atoms with Crippen molar-refractivity contribution in [2.45, 2.75) is 25.4 Å². The molecule has 0 unspecified atom stereocenters.